The molecule has 24 heavy (non-hydrogen) atoms. The first-order valence-electron chi connectivity index (χ1n) is 7.58. The molecule has 2 heterocycles. The van der Waals surface area contributed by atoms with Gasteiger partial charge < -0.3 is 10.6 Å². The van der Waals surface area contributed by atoms with Gasteiger partial charge in [-0.2, -0.15) is 5.10 Å². The number of hydrogen-bond acceptors (Lipinski definition) is 3. The largest absolute Gasteiger partial charge is 0.355 e. The second-order valence-corrected chi connectivity index (χ2v) is 5.60. The molecule has 0 aliphatic rings. The van der Waals surface area contributed by atoms with Crippen LogP contribution < -0.4 is 10.6 Å². The molecule has 3 rings (SSSR count). The van der Waals surface area contributed by atoms with Gasteiger partial charge in [0.2, 0.25) is 0 Å². The Morgan fingerprint density at radius 3 is 2.62 bits per heavy atom. The van der Waals surface area contributed by atoms with Gasteiger partial charge in [-0.05, 0) is 49.2 Å². The van der Waals surface area contributed by atoms with Crippen molar-refractivity contribution in [3.8, 4) is 0 Å². The Kier molecular flexibility index (Phi) is 4.04. The zero-order chi connectivity index (χ0) is 17.3. The zero-order valence-corrected chi connectivity index (χ0v) is 13.8. The summed E-state index contributed by atoms with van der Waals surface area (Å²) in [6, 6.07) is 9.08. The van der Waals surface area contributed by atoms with Gasteiger partial charge in [0.05, 0.1) is 17.3 Å². The van der Waals surface area contributed by atoms with Crippen molar-refractivity contribution in [1.82, 2.24) is 14.9 Å². The van der Waals surface area contributed by atoms with Crippen LogP contribution in [0.2, 0.25) is 0 Å². The molecule has 1 aromatic carbocycles. The number of benzene rings is 1. The summed E-state index contributed by atoms with van der Waals surface area (Å²) >= 11 is 0. The zero-order valence-electron chi connectivity index (χ0n) is 13.8. The van der Waals surface area contributed by atoms with Crippen LogP contribution in [0.1, 0.15) is 31.8 Å². The molecule has 0 aliphatic heterocycles. The van der Waals surface area contributed by atoms with Crippen molar-refractivity contribution in [2.75, 3.05) is 12.4 Å². The lowest BCUT2D eigenvalue weighted by Crippen LogP contribution is -2.20. The quantitative estimate of drug-likeness (QED) is 0.778. The molecule has 0 radical (unpaired) electrons. The average Bonchev–Trinajstić information content (AvgIpc) is 2.99. The second-order valence-electron chi connectivity index (χ2n) is 5.60. The number of nitrogens with zero attached hydrogens (tertiary/aromatic N) is 2. The third-order valence-corrected chi connectivity index (χ3v) is 3.98. The van der Waals surface area contributed by atoms with Gasteiger partial charge in [0.25, 0.3) is 11.8 Å². The minimum Gasteiger partial charge on any atom is -0.355 e. The predicted octanol–water partition coefficient (Wildman–Crippen LogP) is 2.56. The number of carbonyl (C=O) groups excluding carboxylic acids is 2. The molecule has 0 saturated heterocycles. The molecule has 3 aromatic rings. The van der Waals surface area contributed by atoms with Crippen LogP contribution in [-0.4, -0.2) is 28.5 Å². The van der Waals surface area contributed by atoms with E-state index in [1.54, 1.807) is 42.9 Å². The van der Waals surface area contributed by atoms with Gasteiger partial charge in [-0.1, -0.05) is 6.07 Å². The number of nitrogens with one attached hydrogen (secondary N) is 2. The van der Waals surface area contributed by atoms with Crippen molar-refractivity contribution in [2.45, 2.75) is 13.8 Å². The van der Waals surface area contributed by atoms with E-state index in [-0.39, 0.29) is 11.8 Å². The summed E-state index contributed by atoms with van der Waals surface area (Å²) in [6.45, 7) is 3.77. The van der Waals surface area contributed by atoms with Crippen molar-refractivity contribution < 1.29 is 9.59 Å². The van der Waals surface area contributed by atoms with E-state index in [0.717, 1.165) is 16.6 Å². The van der Waals surface area contributed by atoms with Crippen LogP contribution in [0, 0.1) is 13.8 Å². The molecular formula is C18H18N4O2. The number of aryl methyl sites for hydroxylation is 1. The molecule has 0 bridgehead atoms. The summed E-state index contributed by atoms with van der Waals surface area (Å²) in [7, 11) is 1.58. The van der Waals surface area contributed by atoms with Gasteiger partial charge in [0.15, 0.2) is 0 Å². The van der Waals surface area contributed by atoms with Gasteiger partial charge in [-0.3, -0.25) is 9.59 Å². The van der Waals surface area contributed by atoms with Crippen LogP contribution in [-0.2, 0) is 0 Å². The molecule has 0 unspecified atom stereocenters. The monoisotopic (exact) mass is 322 g/mol. The van der Waals surface area contributed by atoms with Gasteiger partial charge >= 0.3 is 0 Å². The normalized spacial score (nSPS) is 10.6. The molecule has 122 valence electrons. The van der Waals surface area contributed by atoms with Gasteiger partial charge in [-0.25, -0.2) is 4.52 Å². The van der Waals surface area contributed by atoms with Crippen LogP contribution in [0.5, 0.6) is 0 Å². The maximum Gasteiger partial charge on any atom is 0.259 e. The highest BCUT2D eigenvalue weighted by Gasteiger charge is 2.16. The van der Waals surface area contributed by atoms with Crippen molar-refractivity contribution in [1.29, 1.82) is 0 Å². The van der Waals surface area contributed by atoms with Crippen LogP contribution in [0.25, 0.3) is 5.52 Å². The summed E-state index contributed by atoms with van der Waals surface area (Å²) in [4.78, 5) is 24.5. The molecule has 2 aromatic heterocycles. The van der Waals surface area contributed by atoms with Gasteiger partial charge in [0, 0.05) is 24.5 Å². The van der Waals surface area contributed by atoms with Gasteiger partial charge in [-0.15, -0.1) is 0 Å². The molecule has 6 heteroatoms. The number of fused-ring (bicyclic) bond motifs is 1. The van der Waals surface area contributed by atoms with E-state index in [2.05, 4.69) is 15.7 Å². The highest BCUT2D eigenvalue weighted by molar-refractivity contribution is 6.09. The molecule has 0 saturated carbocycles. The maximum atomic E-state index is 12.6. The number of aromatic nitrogens is 2. The molecule has 0 atom stereocenters. The van der Waals surface area contributed by atoms with Crippen LogP contribution in [0.4, 0.5) is 5.69 Å². The first kappa shape index (κ1) is 15.7. The fourth-order valence-electron chi connectivity index (χ4n) is 2.60. The van der Waals surface area contributed by atoms with Crippen LogP contribution >= 0.6 is 0 Å². The smallest absolute Gasteiger partial charge is 0.259 e. The lowest BCUT2D eigenvalue weighted by molar-refractivity contribution is 0.0960. The summed E-state index contributed by atoms with van der Waals surface area (Å²) < 4.78 is 1.66. The summed E-state index contributed by atoms with van der Waals surface area (Å²) in [6.07, 6.45) is 3.36. The number of amides is 2. The Bertz CT molecular complexity index is 943. The van der Waals surface area contributed by atoms with Crippen LogP contribution in [0.15, 0.2) is 42.7 Å². The minimum absolute atomic E-state index is 0.185. The first-order chi connectivity index (χ1) is 11.5. The van der Waals surface area contributed by atoms with E-state index in [1.807, 2.05) is 25.3 Å². The van der Waals surface area contributed by atoms with E-state index in [4.69, 9.17) is 0 Å². The fourth-order valence-corrected chi connectivity index (χ4v) is 2.60. The molecule has 2 amide bonds. The van der Waals surface area contributed by atoms with E-state index < -0.39 is 0 Å². The Balaban J connectivity index is 1.95. The SMILES string of the molecule is CNC(=O)c1cccc(NC(=O)c2cnn3ccc(C)cc23)c1C. The second kappa shape index (κ2) is 6.16. The maximum absolute atomic E-state index is 12.6. The average molecular weight is 322 g/mol. The van der Waals surface area contributed by atoms with Crippen molar-refractivity contribution in [3.05, 3.63) is 65.0 Å². The van der Waals surface area contributed by atoms with Crippen LogP contribution in [0.3, 0.4) is 0 Å². The summed E-state index contributed by atoms with van der Waals surface area (Å²) in [5.74, 6) is -0.442. The molecule has 0 fully saturated rings. The summed E-state index contributed by atoms with van der Waals surface area (Å²) in [5, 5.41) is 9.66. The fraction of sp³-hybridized carbons (Fsp3) is 0.167. The number of anilines is 1. The molecule has 2 N–H and O–H groups in total. The van der Waals surface area contributed by atoms with Crippen molar-refractivity contribution >= 4 is 23.0 Å². The Labute approximate surface area is 139 Å². The minimum atomic E-state index is -0.257. The highest BCUT2D eigenvalue weighted by atomic mass is 16.2. The Morgan fingerprint density at radius 1 is 1.08 bits per heavy atom. The number of hydrogen-bond donors (Lipinski definition) is 2. The standard InChI is InChI=1S/C18H18N4O2/c1-11-7-8-22-16(9-11)14(10-20-22)18(24)21-15-6-4-5-13(12(15)2)17(23)19-3/h4-10H,1-3H3,(H,19,23)(H,21,24). The lowest BCUT2D eigenvalue weighted by Gasteiger charge is -2.11. The number of rotatable bonds is 3. The number of carbonyl (C=O) groups is 2. The van der Waals surface area contributed by atoms with E-state index in [1.165, 1.54) is 0 Å². The van der Waals surface area contributed by atoms with E-state index in [0.29, 0.717) is 16.8 Å². The topological polar surface area (TPSA) is 75.5 Å². The first-order valence-corrected chi connectivity index (χ1v) is 7.58. The molecule has 0 aliphatic carbocycles. The highest BCUT2D eigenvalue weighted by Crippen LogP contribution is 2.21. The Morgan fingerprint density at radius 2 is 1.88 bits per heavy atom. The van der Waals surface area contributed by atoms with E-state index >= 15 is 0 Å². The van der Waals surface area contributed by atoms with Gasteiger partial charge in [0.1, 0.15) is 0 Å². The van der Waals surface area contributed by atoms with E-state index in [9.17, 15) is 9.59 Å². The third kappa shape index (κ3) is 2.74. The van der Waals surface area contributed by atoms with Crippen molar-refractivity contribution in [3.63, 3.8) is 0 Å². The molecule has 0 spiro atoms. The summed E-state index contributed by atoms with van der Waals surface area (Å²) in [5.41, 5.74) is 4.14. The molecular weight excluding hydrogens is 304 g/mol. The number of pyridine rings is 1. The Hall–Kier alpha value is -3.15. The molecule has 6 nitrogen and oxygen atoms in total. The third-order valence-electron chi connectivity index (χ3n) is 3.98. The lowest BCUT2D eigenvalue weighted by atomic mass is 10.1. The van der Waals surface area contributed by atoms with Crippen molar-refractivity contribution in [2.24, 2.45) is 0 Å². The predicted molar refractivity (Wildman–Crippen MR) is 92.5 cm³/mol.